The highest BCUT2D eigenvalue weighted by atomic mass is 16.5. The smallest absolute Gasteiger partial charge is 0.261 e. The van der Waals surface area contributed by atoms with Crippen LogP contribution >= 0.6 is 0 Å². The predicted octanol–water partition coefficient (Wildman–Crippen LogP) is 4.09. The normalized spacial score (nSPS) is 20.3. The lowest BCUT2D eigenvalue weighted by Crippen LogP contribution is -2.29. The molecule has 1 saturated carbocycles. The Morgan fingerprint density at radius 1 is 1.17 bits per heavy atom. The molecular weight excluding hydrogens is 374 g/mol. The summed E-state index contributed by atoms with van der Waals surface area (Å²) in [7, 11) is 1.73. The van der Waals surface area contributed by atoms with Crippen molar-refractivity contribution >= 4 is 10.9 Å². The van der Waals surface area contributed by atoms with Gasteiger partial charge in [-0.15, -0.1) is 0 Å². The molecule has 3 atom stereocenters. The second-order valence-electron chi connectivity index (χ2n) is 8.53. The van der Waals surface area contributed by atoms with Crippen molar-refractivity contribution in [1.29, 1.82) is 0 Å². The summed E-state index contributed by atoms with van der Waals surface area (Å²) in [6.07, 6.45) is 7.05. The molecule has 3 unspecified atom stereocenters. The van der Waals surface area contributed by atoms with E-state index in [0.29, 0.717) is 23.6 Å². The Balaban J connectivity index is 1.57. The second-order valence-corrected chi connectivity index (χ2v) is 8.53. The van der Waals surface area contributed by atoms with Crippen LogP contribution < -0.4 is 11.3 Å². The van der Waals surface area contributed by atoms with Crippen LogP contribution in [0.4, 0.5) is 0 Å². The molecule has 0 bridgehead atoms. The summed E-state index contributed by atoms with van der Waals surface area (Å²) in [5.41, 5.74) is 8.89. The molecule has 0 saturated heterocycles. The van der Waals surface area contributed by atoms with Crippen molar-refractivity contribution in [3.8, 4) is 0 Å². The number of hydrogen-bond donors (Lipinski definition) is 1. The van der Waals surface area contributed by atoms with Gasteiger partial charge in [0.1, 0.15) is 0 Å². The molecular formula is C25H31N3O2. The topological polar surface area (TPSA) is 70.1 Å². The molecule has 158 valence electrons. The number of methoxy groups -OCH3 is 1. The summed E-state index contributed by atoms with van der Waals surface area (Å²) < 4.78 is 7.51. The van der Waals surface area contributed by atoms with Gasteiger partial charge in [0.15, 0.2) is 0 Å². The predicted molar refractivity (Wildman–Crippen MR) is 120 cm³/mol. The van der Waals surface area contributed by atoms with Gasteiger partial charge < -0.3 is 10.5 Å². The number of aromatic nitrogens is 2. The SMILES string of the molecule is COC(Cc1ccc2ncn(CC3CCCC(CN)C3)c(=O)c2c1)c1ccccc1. The summed E-state index contributed by atoms with van der Waals surface area (Å²) in [5.74, 6) is 1.09. The van der Waals surface area contributed by atoms with Gasteiger partial charge in [-0.05, 0) is 60.9 Å². The number of nitrogens with two attached hydrogens (primary N) is 1. The summed E-state index contributed by atoms with van der Waals surface area (Å²) in [4.78, 5) is 17.8. The van der Waals surface area contributed by atoms with Crippen molar-refractivity contribution in [3.05, 3.63) is 76.3 Å². The molecule has 1 aromatic heterocycles. The lowest BCUT2D eigenvalue weighted by atomic mass is 9.81. The second kappa shape index (κ2) is 9.54. The lowest BCUT2D eigenvalue weighted by molar-refractivity contribution is 0.104. The Kier molecular flexibility index (Phi) is 6.60. The van der Waals surface area contributed by atoms with Crippen molar-refractivity contribution in [2.45, 2.75) is 44.8 Å². The summed E-state index contributed by atoms with van der Waals surface area (Å²) in [5, 5.41) is 0.684. The third-order valence-electron chi connectivity index (χ3n) is 6.45. The first-order valence-electron chi connectivity index (χ1n) is 10.9. The van der Waals surface area contributed by atoms with E-state index < -0.39 is 0 Å². The van der Waals surface area contributed by atoms with Gasteiger partial charge in [-0.3, -0.25) is 9.36 Å². The van der Waals surface area contributed by atoms with Crippen LogP contribution in [0, 0.1) is 11.8 Å². The van der Waals surface area contributed by atoms with E-state index in [1.54, 1.807) is 18.0 Å². The number of nitrogens with zero attached hydrogens (tertiary/aromatic N) is 2. The minimum atomic E-state index is -0.0435. The number of hydrogen-bond acceptors (Lipinski definition) is 4. The van der Waals surface area contributed by atoms with Crippen LogP contribution in [0.25, 0.3) is 10.9 Å². The molecule has 2 aromatic carbocycles. The van der Waals surface area contributed by atoms with Gasteiger partial charge in [0.05, 0.1) is 23.3 Å². The van der Waals surface area contributed by atoms with Gasteiger partial charge in [-0.1, -0.05) is 42.8 Å². The Hall–Kier alpha value is -2.50. The molecule has 1 fully saturated rings. The van der Waals surface area contributed by atoms with E-state index in [4.69, 9.17) is 10.5 Å². The molecule has 1 aliphatic rings. The molecule has 5 nitrogen and oxygen atoms in total. The maximum absolute atomic E-state index is 13.2. The largest absolute Gasteiger partial charge is 0.376 e. The highest BCUT2D eigenvalue weighted by molar-refractivity contribution is 5.78. The lowest BCUT2D eigenvalue weighted by Gasteiger charge is -2.28. The van der Waals surface area contributed by atoms with Gasteiger partial charge in [0, 0.05) is 20.1 Å². The van der Waals surface area contributed by atoms with E-state index >= 15 is 0 Å². The van der Waals surface area contributed by atoms with Crippen LogP contribution in [0.3, 0.4) is 0 Å². The first-order chi connectivity index (χ1) is 14.7. The Morgan fingerprint density at radius 2 is 1.97 bits per heavy atom. The number of rotatable bonds is 7. The molecule has 0 radical (unpaired) electrons. The maximum Gasteiger partial charge on any atom is 0.261 e. The molecule has 3 aromatic rings. The average Bonchev–Trinajstić information content (AvgIpc) is 2.80. The molecule has 30 heavy (non-hydrogen) atoms. The van der Waals surface area contributed by atoms with E-state index in [-0.39, 0.29) is 11.7 Å². The average molecular weight is 406 g/mol. The van der Waals surface area contributed by atoms with Crippen molar-refractivity contribution in [2.24, 2.45) is 17.6 Å². The molecule has 2 N–H and O–H groups in total. The van der Waals surface area contributed by atoms with Crippen LogP contribution in [0.5, 0.6) is 0 Å². The zero-order valence-electron chi connectivity index (χ0n) is 17.7. The third-order valence-corrected chi connectivity index (χ3v) is 6.45. The minimum Gasteiger partial charge on any atom is -0.376 e. The van der Waals surface area contributed by atoms with Crippen LogP contribution in [0.15, 0.2) is 59.7 Å². The number of benzene rings is 2. The molecule has 1 aliphatic carbocycles. The van der Waals surface area contributed by atoms with Crippen LogP contribution in [-0.2, 0) is 17.7 Å². The standard InChI is InChI=1S/C25H31N3O2/c1-30-24(21-8-3-2-4-9-21)14-18-10-11-23-22(13-18)25(29)28(17-27-23)16-20-7-5-6-19(12-20)15-26/h2-4,8-11,13,17,19-20,24H,5-7,12,14-16,26H2,1H3. The molecule has 5 heteroatoms. The first kappa shape index (κ1) is 20.8. The van der Waals surface area contributed by atoms with E-state index in [0.717, 1.165) is 42.6 Å². The quantitative estimate of drug-likeness (QED) is 0.643. The fraction of sp³-hybridized carbons (Fsp3) is 0.440. The summed E-state index contributed by atoms with van der Waals surface area (Å²) >= 11 is 0. The number of fused-ring (bicyclic) bond motifs is 1. The summed E-state index contributed by atoms with van der Waals surface area (Å²) in [6, 6.07) is 16.2. The van der Waals surface area contributed by atoms with Gasteiger partial charge in [-0.25, -0.2) is 4.98 Å². The van der Waals surface area contributed by atoms with Gasteiger partial charge in [0.2, 0.25) is 0 Å². The fourth-order valence-corrected chi connectivity index (χ4v) is 4.74. The van der Waals surface area contributed by atoms with Crippen molar-refractivity contribution in [1.82, 2.24) is 9.55 Å². The first-order valence-corrected chi connectivity index (χ1v) is 10.9. The van der Waals surface area contributed by atoms with Gasteiger partial charge in [-0.2, -0.15) is 0 Å². The molecule has 4 rings (SSSR count). The summed E-state index contributed by atoms with van der Waals surface area (Å²) in [6.45, 7) is 1.47. The maximum atomic E-state index is 13.2. The highest BCUT2D eigenvalue weighted by Gasteiger charge is 2.22. The monoisotopic (exact) mass is 405 g/mol. The molecule has 0 spiro atoms. The van der Waals surface area contributed by atoms with E-state index in [1.165, 1.54) is 12.8 Å². The van der Waals surface area contributed by atoms with Crippen LogP contribution in [0.2, 0.25) is 0 Å². The minimum absolute atomic E-state index is 0.0435. The van der Waals surface area contributed by atoms with Crippen molar-refractivity contribution in [2.75, 3.05) is 13.7 Å². The Morgan fingerprint density at radius 3 is 2.73 bits per heavy atom. The fourth-order valence-electron chi connectivity index (χ4n) is 4.74. The molecule has 1 heterocycles. The highest BCUT2D eigenvalue weighted by Crippen LogP contribution is 2.29. The Bertz CT molecular complexity index is 1030. The van der Waals surface area contributed by atoms with E-state index in [9.17, 15) is 4.79 Å². The van der Waals surface area contributed by atoms with E-state index in [2.05, 4.69) is 17.1 Å². The molecule has 0 amide bonds. The zero-order chi connectivity index (χ0) is 20.9. The van der Waals surface area contributed by atoms with E-state index in [1.807, 2.05) is 36.4 Å². The van der Waals surface area contributed by atoms with Gasteiger partial charge in [0.25, 0.3) is 5.56 Å². The zero-order valence-corrected chi connectivity index (χ0v) is 17.7. The van der Waals surface area contributed by atoms with Crippen LogP contribution in [-0.4, -0.2) is 23.2 Å². The molecule has 0 aliphatic heterocycles. The number of ether oxygens (including phenoxy) is 1. The van der Waals surface area contributed by atoms with Gasteiger partial charge >= 0.3 is 0 Å². The van der Waals surface area contributed by atoms with Crippen LogP contribution in [0.1, 0.15) is 42.9 Å². The third kappa shape index (κ3) is 4.63. The Labute approximate surface area is 177 Å². The van der Waals surface area contributed by atoms with Crippen molar-refractivity contribution < 1.29 is 4.74 Å². The van der Waals surface area contributed by atoms with Crippen molar-refractivity contribution in [3.63, 3.8) is 0 Å².